The van der Waals surface area contributed by atoms with Crippen molar-refractivity contribution in [3.05, 3.63) is 17.3 Å². The fraction of sp³-hybridized carbons (Fsp3) is 0.444. The zero-order valence-electron chi connectivity index (χ0n) is 7.60. The van der Waals surface area contributed by atoms with Gasteiger partial charge in [-0.05, 0) is 30.9 Å². The van der Waals surface area contributed by atoms with Crippen LogP contribution in [0.3, 0.4) is 0 Å². The summed E-state index contributed by atoms with van der Waals surface area (Å²) in [4.78, 5) is 10.8. The molecule has 1 unspecified atom stereocenters. The lowest BCUT2D eigenvalue weighted by Crippen LogP contribution is -2.23. The van der Waals surface area contributed by atoms with E-state index in [0.29, 0.717) is 25.1 Å². The number of hydrogen-bond donors (Lipinski definition) is 2. The molecule has 5 nitrogen and oxygen atoms in total. The first-order chi connectivity index (χ1) is 6.66. The van der Waals surface area contributed by atoms with E-state index in [2.05, 4.69) is 10.2 Å². The van der Waals surface area contributed by atoms with E-state index in [-0.39, 0.29) is 5.92 Å². The van der Waals surface area contributed by atoms with E-state index >= 15 is 0 Å². The number of carboxylic acid groups (broad SMARTS) is 1. The average Bonchev–Trinajstić information content (AvgIpc) is 2.16. The molecule has 0 spiro atoms. The number of anilines is 1. The number of fused-ring (bicyclic) bond motifs is 1. The molecule has 0 fully saturated rings. The molecular formula is C9H11N3O2. The number of hydrogen-bond acceptors (Lipinski definition) is 4. The Labute approximate surface area is 81.0 Å². The number of aryl methyl sites for hydroxylation is 1. The minimum absolute atomic E-state index is 0.300. The number of carboxylic acids is 1. The van der Waals surface area contributed by atoms with Gasteiger partial charge in [-0.15, -0.1) is 5.10 Å². The number of nitrogen functional groups attached to an aromatic ring is 1. The molecule has 3 N–H and O–H groups in total. The highest BCUT2D eigenvalue weighted by molar-refractivity contribution is 5.71. The molecule has 1 atom stereocenters. The van der Waals surface area contributed by atoms with Crippen LogP contribution in [0.4, 0.5) is 5.82 Å². The minimum Gasteiger partial charge on any atom is -0.481 e. The summed E-state index contributed by atoms with van der Waals surface area (Å²) in [6, 6.07) is 1.72. The summed E-state index contributed by atoms with van der Waals surface area (Å²) < 4.78 is 0. The van der Waals surface area contributed by atoms with Crippen molar-refractivity contribution in [2.24, 2.45) is 5.92 Å². The zero-order valence-corrected chi connectivity index (χ0v) is 7.60. The van der Waals surface area contributed by atoms with Gasteiger partial charge < -0.3 is 10.8 Å². The summed E-state index contributed by atoms with van der Waals surface area (Å²) in [7, 11) is 0. The molecule has 0 aromatic carbocycles. The van der Waals surface area contributed by atoms with Crippen LogP contribution in [0.15, 0.2) is 6.07 Å². The van der Waals surface area contributed by atoms with E-state index in [9.17, 15) is 4.79 Å². The van der Waals surface area contributed by atoms with Gasteiger partial charge in [0.1, 0.15) is 5.82 Å². The van der Waals surface area contributed by atoms with Crippen LogP contribution in [0, 0.1) is 5.92 Å². The second-order valence-corrected chi connectivity index (χ2v) is 3.52. The van der Waals surface area contributed by atoms with E-state index in [1.54, 1.807) is 6.07 Å². The molecule has 0 saturated heterocycles. The van der Waals surface area contributed by atoms with Crippen LogP contribution < -0.4 is 5.73 Å². The van der Waals surface area contributed by atoms with Crippen LogP contribution in [0.2, 0.25) is 0 Å². The SMILES string of the molecule is Nc1cc2c(nn1)CCC(C(=O)O)C2. The molecule has 2 rings (SSSR count). The molecule has 74 valence electrons. The van der Waals surface area contributed by atoms with Crippen LogP contribution in [0.1, 0.15) is 17.7 Å². The second-order valence-electron chi connectivity index (χ2n) is 3.52. The Morgan fingerprint density at radius 3 is 3.07 bits per heavy atom. The van der Waals surface area contributed by atoms with Crippen molar-refractivity contribution in [3.8, 4) is 0 Å². The van der Waals surface area contributed by atoms with Gasteiger partial charge in [0.15, 0.2) is 0 Å². The third kappa shape index (κ3) is 1.53. The Morgan fingerprint density at radius 1 is 1.57 bits per heavy atom. The summed E-state index contributed by atoms with van der Waals surface area (Å²) in [6.07, 6.45) is 1.84. The molecule has 0 amide bonds. The molecule has 1 heterocycles. The van der Waals surface area contributed by atoms with Gasteiger partial charge in [-0.25, -0.2) is 0 Å². The van der Waals surface area contributed by atoms with Gasteiger partial charge in [0.2, 0.25) is 0 Å². The predicted molar refractivity (Wildman–Crippen MR) is 49.6 cm³/mol. The van der Waals surface area contributed by atoms with Gasteiger partial charge in [-0.2, -0.15) is 5.10 Å². The number of aromatic nitrogens is 2. The maximum atomic E-state index is 10.8. The first kappa shape index (κ1) is 8.93. The quantitative estimate of drug-likeness (QED) is 0.667. The van der Waals surface area contributed by atoms with E-state index in [4.69, 9.17) is 10.8 Å². The molecule has 0 bridgehead atoms. The molecule has 5 heteroatoms. The maximum Gasteiger partial charge on any atom is 0.306 e. The normalized spacial score (nSPS) is 20.1. The monoisotopic (exact) mass is 193 g/mol. The van der Waals surface area contributed by atoms with Gasteiger partial charge in [-0.3, -0.25) is 4.79 Å². The lowest BCUT2D eigenvalue weighted by atomic mass is 9.87. The fourth-order valence-corrected chi connectivity index (χ4v) is 1.75. The number of rotatable bonds is 1. The van der Waals surface area contributed by atoms with Crippen molar-refractivity contribution < 1.29 is 9.90 Å². The topological polar surface area (TPSA) is 89.1 Å². The van der Waals surface area contributed by atoms with Gasteiger partial charge >= 0.3 is 5.97 Å². The fourth-order valence-electron chi connectivity index (χ4n) is 1.75. The first-order valence-electron chi connectivity index (χ1n) is 4.50. The molecule has 1 aromatic heterocycles. The lowest BCUT2D eigenvalue weighted by molar-refractivity contribution is -0.142. The highest BCUT2D eigenvalue weighted by Crippen LogP contribution is 2.24. The molecule has 1 aliphatic carbocycles. The Hall–Kier alpha value is -1.65. The van der Waals surface area contributed by atoms with Crippen molar-refractivity contribution in [2.75, 3.05) is 5.73 Å². The molecule has 0 saturated carbocycles. The second kappa shape index (κ2) is 3.25. The molecule has 1 aliphatic rings. The van der Waals surface area contributed by atoms with Crippen molar-refractivity contribution in [1.29, 1.82) is 0 Å². The third-order valence-electron chi connectivity index (χ3n) is 2.52. The number of aliphatic carboxylic acids is 1. The predicted octanol–water partition coefficient (Wildman–Crippen LogP) is 0.248. The van der Waals surface area contributed by atoms with E-state index < -0.39 is 5.97 Å². The summed E-state index contributed by atoms with van der Waals surface area (Å²) in [6.45, 7) is 0. The summed E-state index contributed by atoms with van der Waals surface area (Å²) in [5.74, 6) is -0.688. The summed E-state index contributed by atoms with van der Waals surface area (Å²) in [5, 5.41) is 16.6. The maximum absolute atomic E-state index is 10.8. The minimum atomic E-state index is -0.744. The van der Waals surface area contributed by atoms with Crippen LogP contribution >= 0.6 is 0 Å². The standard InChI is InChI=1S/C9H11N3O2/c10-8-4-6-3-5(9(13)14)1-2-7(6)11-12-8/h4-5H,1-3H2,(H2,10,12)(H,13,14). The number of nitrogens with two attached hydrogens (primary N) is 1. The van der Waals surface area contributed by atoms with Crippen LogP contribution in [0.5, 0.6) is 0 Å². The largest absolute Gasteiger partial charge is 0.481 e. The van der Waals surface area contributed by atoms with Gasteiger partial charge in [-0.1, -0.05) is 0 Å². The number of nitrogens with zero attached hydrogens (tertiary/aromatic N) is 2. The van der Waals surface area contributed by atoms with Gasteiger partial charge in [0.05, 0.1) is 11.6 Å². The molecule has 0 radical (unpaired) electrons. The van der Waals surface area contributed by atoms with Crippen molar-refractivity contribution in [2.45, 2.75) is 19.3 Å². The first-order valence-corrected chi connectivity index (χ1v) is 4.50. The Kier molecular flexibility index (Phi) is 2.07. The summed E-state index contributed by atoms with van der Waals surface area (Å²) >= 11 is 0. The van der Waals surface area contributed by atoms with E-state index in [1.807, 2.05) is 0 Å². The van der Waals surface area contributed by atoms with Crippen molar-refractivity contribution in [1.82, 2.24) is 10.2 Å². The Bertz CT molecular complexity index is 378. The van der Waals surface area contributed by atoms with E-state index in [0.717, 1.165) is 11.3 Å². The van der Waals surface area contributed by atoms with Gasteiger partial charge in [0, 0.05) is 0 Å². The molecule has 0 aliphatic heterocycles. The van der Waals surface area contributed by atoms with Crippen LogP contribution in [-0.4, -0.2) is 21.3 Å². The lowest BCUT2D eigenvalue weighted by Gasteiger charge is -2.19. The Morgan fingerprint density at radius 2 is 2.36 bits per heavy atom. The summed E-state index contributed by atoms with van der Waals surface area (Å²) in [5.41, 5.74) is 7.30. The Balaban J connectivity index is 2.29. The molecular weight excluding hydrogens is 182 g/mol. The van der Waals surface area contributed by atoms with E-state index in [1.165, 1.54) is 0 Å². The zero-order chi connectivity index (χ0) is 10.1. The average molecular weight is 193 g/mol. The van der Waals surface area contributed by atoms with Crippen LogP contribution in [-0.2, 0) is 17.6 Å². The molecule has 1 aromatic rings. The highest BCUT2D eigenvalue weighted by Gasteiger charge is 2.25. The highest BCUT2D eigenvalue weighted by atomic mass is 16.4. The van der Waals surface area contributed by atoms with Crippen LogP contribution in [0.25, 0.3) is 0 Å². The molecule has 14 heavy (non-hydrogen) atoms. The number of carbonyl (C=O) groups is 1. The smallest absolute Gasteiger partial charge is 0.306 e. The van der Waals surface area contributed by atoms with Crippen molar-refractivity contribution >= 4 is 11.8 Å². The van der Waals surface area contributed by atoms with Crippen molar-refractivity contribution in [3.63, 3.8) is 0 Å². The van der Waals surface area contributed by atoms with Gasteiger partial charge in [0.25, 0.3) is 0 Å². The third-order valence-corrected chi connectivity index (χ3v) is 2.52.